The van der Waals surface area contributed by atoms with Gasteiger partial charge in [-0.2, -0.15) is 0 Å². The smallest absolute Gasteiger partial charge is 0.411 e. The number of fused-ring (bicyclic) bond motifs is 3. The van der Waals surface area contributed by atoms with Gasteiger partial charge in [0.2, 0.25) is 0 Å². The highest BCUT2D eigenvalue weighted by Gasteiger charge is 2.29. The second kappa shape index (κ2) is 10.8. The molecule has 0 heterocycles. The Hall–Kier alpha value is -4.17. The summed E-state index contributed by atoms with van der Waals surface area (Å²) in [6.07, 6.45) is -0.662. The lowest BCUT2D eigenvalue weighted by molar-refractivity contribution is -0.142. The number of methoxy groups -OCH3 is 1. The lowest BCUT2D eigenvalue weighted by atomic mass is 9.91. The van der Waals surface area contributed by atoms with Crippen molar-refractivity contribution in [2.75, 3.05) is 25.6 Å². The number of nitrogens with one attached hydrogen (secondary N) is 1. The number of ether oxygens (including phenoxy) is 3. The van der Waals surface area contributed by atoms with Crippen LogP contribution in [0.1, 0.15) is 49.7 Å². The summed E-state index contributed by atoms with van der Waals surface area (Å²) in [5, 5.41) is 11.7. The number of hydrogen-bond donors (Lipinski definition) is 2. The largest absolute Gasteiger partial charge is 0.480 e. The molecule has 0 spiro atoms. The molecule has 3 aromatic carbocycles. The first-order valence-electron chi connectivity index (χ1n) is 11.9. The first-order chi connectivity index (χ1) is 17.7. The Labute approximate surface area is 215 Å². The summed E-state index contributed by atoms with van der Waals surface area (Å²) in [6, 6.07) is 16.1. The zero-order valence-electron chi connectivity index (χ0n) is 21.2. The van der Waals surface area contributed by atoms with Crippen molar-refractivity contribution in [2.45, 2.75) is 33.3 Å². The minimum Gasteiger partial charge on any atom is -0.480 e. The van der Waals surface area contributed by atoms with E-state index in [1.807, 2.05) is 36.4 Å². The quantitative estimate of drug-likeness (QED) is 0.398. The highest BCUT2D eigenvalue weighted by atomic mass is 16.5. The minimum atomic E-state index is -1.10. The molecular formula is C29H29NO7. The van der Waals surface area contributed by atoms with Gasteiger partial charge in [0.05, 0.1) is 25.0 Å². The van der Waals surface area contributed by atoms with Gasteiger partial charge in [0.15, 0.2) is 0 Å². The second-order valence-electron chi connectivity index (χ2n) is 8.93. The fourth-order valence-electron chi connectivity index (χ4n) is 5.06. The molecule has 3 aromatic rings. The third-order valence-corrected chi connectivity index (χ3v) is 6.84. The topological polar surface area (TPSA) is 111 Å². The van der Waals surface area contributed by atoms with Gasteiger partial charge >= 0.3 is 18.0 Å². The average molecular weight is 504 g/mol. The third kappa shape index (κ3) is 5.06. The van der Waals surface area contributed by atoms with E-state index in [0.29, 0.717) is 27.9 Å². The van der Waals surface area contributed by atoms with Crippen LogP contribution in [0.15, 0.2) is 48.5 Å². The highest BCUT2D eigenvalue weighted by molar-refractivity contribution is 5.98. The summed E-state index contributed by atoms with van der Waals surface area (Å²) in [5.41, 5.74) is 7.53. The van der Waals surface area contributed by atoms with E-state index in [0.717, 1.165) is 22.3 Å². The fraction of sp³-hybridized carbons (Fsp3) is 0.276. The molecule has 0 aliphatic heterocycles. The summed E-state index contributed by atoms with van der Waals surface area (Å²) < 4.78 is 15.9. The van der Waals surface area contributed by atoms with Crippen molar-refractivity contribution >= 4 is 23.7 Å². The molecule has 0 radical (unpaired) electrons. The number of hydrogen-bond acceptors (Lipinski definition) is 6. The van der Waals surface area contributed by atoms with E-state index < -0.39 is 24.6 Å². The van der Waals surface area contributed by atoms with E-state index in [9.17, 15) is 14.4 Å². The zero-order chi connectivity index (χ0) is 26.7. The van der Waals surface area contributed by atoms with Gasteiger partial charge in [0, 0.05) is 5.92 Å². The van der Waals surface area contributed by atoms with Gasteiger partial charge in [-0.15, -0.1) is 0 Å². The summed E-state index contributed by atoms with van der Waals surface area (Å²) in [4.78, 5) is 36.5. The molecule has 1 amide bonds. The Balaban J connectivity index is 1.58. The summed E-state index contributed by atoms with van der Waals surface area (Å²) >= 11 is 0. The molecule has 0 atom stereocenters. The lowest BCUT2D eigenvalue weighted by Crippen LogP contribution is -2.21. The molecule has 1 aliphatic carbocycles. The van der Waals surface area contributed by atoms with Crippen molar-refractivity contribution in [1.29, 1.82) is 0 Å². The molecule has 192 valence electrons. The molecule has 0 saturated carbocycles. The van der Waals surface area contributed by atoms with E-state index in [4.69, 9.17) is 19.3 Å². The standard InChI is InChI=1S/C29H29NO7/c1-16-23(13-36-15-25(31)32)17(2)27(18(3)26(16)28(33)35-4)30-29(34)37-14-24-21-11-7-5-9-19(21)20-10-6-8-12-22(20)24/h5-12,24H,13-15H2,1-4H3,(H,30,34)(H,31,32). The summed E-state index contributed by atoms with van der Waals surface area (Å²) in [7, 11) is 1.28. The van der Waals surface area contributed by atoms with Crippen LogP contribution in [0.2, 0.25) is 0 Å². The Morgan fingerprint density at radius 3 is 2.05 bits per heavy atom. The molecule has 2 N–H and O–H groups in total. The normalized spacial score (nSPS) is 12.0. The summed E-state index contributed by atoms with van der Waals surface area (Å²) in [5.74, 6) is -1.76. The number of carboxylic acids is 1. The molecular weight excluding hydrogens is 474 g/mol. The van der Waals surface area contributed by atoms with Crippen LogP contribution in [0, 0.1) is 20.8 Å². The minimum absolute atomic E-state index is 0.0480. The number of anilines is 1. The predicted molar refractivity (Wildman–Crippen MR) is 138 cm³/mol. The van der Waals surface area contributed by atoms with Crippen LogP contribution in [0.25, 0.3) is 11.1 Å². The Kier molecular flexibility index (Phi) is 7.59. The van der Waals surface area contributed by atoms with Gasteiger partial charge in [-0.05, 0) is 65.3 Å². The van der Waals surface area contributed by atoms with E-state index >= 15 is 0 Å². The van der Waals surface area contributed by atoms with E-state index in [1.165, 1.54) is 7.11 Å². The maximum Gasteiger partial charge on any atom is 0.411 e. The van der Waals surface area contributed by atoms with Crippen LogP contribution in [-0.2, 0) is 25.6 Å². The van der Waals surface area contributed by atoms with Crippen LogP contribution in [0.4, 0.5) is 10.5 Å². The summed E-state index contributed by atoms with van der Waals surface area (Å²) in [6.45, 7) is 4.83. The SMILES string of the molecule is COC(=O)c1c(C)c(COCC(=O)O)c(C)c(NC(=O)OCC2c3ccccc3-c3ccccc32)c1C. The Morgan fingerprint density at radius 1 is 0.892 bits per heavy atom. The lowest BCUT2D eigenvalue weighted by Gasteiger charge is -2.22. The maximum atomic E-state index is 13.0. The zero-order valence-corrected chi connectivity index (χ0v) is 21.2. The van der Waals surface area contributed by atoms with Crippen LogP contribution < -0.4 is 5.32 Å². The van der Waals surface area contributed by atoms with E-state index in [2.05, 4.69) is 17.4 Å². The van der Waals surface area contributed by atoms with Crippen molar-refractivity contribution < 1.29 is 33.7 Å². The first kappa shape index (κ1) is 25.9. The third-order valence-electron chi connectivity index (χ3n) is 6.84. The van der Waals surface area contributed by atoms with Gasteiger partial charge in [-0.1, -0.05) is 48.5 Å². The van der Waals surface area contributed by atoms with Gasteiger partial charge < -0.3 is 19.3 Å². The number of amides is 1. The van der Waals surface area contributed by atoms with Crippen molar-refractivity contribution in [1.82, 2.24) is 0 Å². The van der Waals surface area contributed by atoms with Crippen LogP contribution in [0.5, 0.6) is 0 Å². The molecule has 8 nitrogen and oxygen atoms in total. The number of aliphatic carboxylic acids is 1. The fourth-order valence-corrected chi connectivity index (χ4v) is 5.06. The highest BCUT2D eigenvalue weighted by Crippen LogP contribution is 2.44. The molecule has 1 aliphatic rings. The average Bonchev–Trinajstić information content (AvgIpc) is 3.20. The molecule has 0 fully saturated rings. The molecule has 8 heteroatoms. The molecule has 37 heavy (non-hydrogen) atoms. The molecule has 0 saturated heterocycles. The van der Waals surface area contributed by atoms with Gasteiger partial charge in [0.1, 0.15) is 13.2 Å². The van der Waals surface area contributed by atoms with Crippen LogP contribution >= 0.6 is 0 Å². The number of esters is 1. The molecule has 0 bridgehead atoms. The number of carbonyl (C=O) groups is 3. The van der Waals surface area contributed by atoms with Crippen molar-refractivity contribution in [3.05, 3.63) is 87.5 Å². The van der Waals surface area contributed by atoms with E-state index in [1.54, 1.807) is 20.8 Å². The van der Waals surface area contributed by atoms with Gasteiger partial charge in [-0.3, -0.25) is 5.32 Å². The number of carbonyl (C=O) groups excluding carboxylic acids is 2. The number of rotatable bonds is 8. The maximum absolute atomic E-state index is 13.0. The van der Waals surface area contributed by atoms with Crippen LogP contribution in [0.3, 0.4) is 0 Å². The van der Waals surface area contributed by atoms with Crippen molar-refractivity contribution in [2.24, 2.45) is 0 Å². The second-order valence-corrected chi connectivity index (χ2v) is 8.93. The van der Waals surface area contributed by atoms with Gasteiger partial charge in [-0.25, -0.2) is 14.4 Å². The van der Waals surface area contributed by atoms with Crippen molar-refractivity contribution in [3.63, 3.8) is 0 Å². The number of carboxylic acid groups (broad SMARTS) is 1. The van der Waals surface area contributed by atoms with Gasteiger partial charge in [0.25, 0.3) is 0 Å². The number of benzene rings is 3. The Bertz CT molecular complexity index is 1330. The predicted octanol–water partition coefficient (Wildman–Crippen LogP) is 5.36. The Morgan fingerprint density at radius 2 is 1.49 bits per heavy atom. The van der Waals surface area contributed by atoms with E-state index in [-0.39, 0.29) is 24.7 Å². The van der Waals surface area contributed by atoms with Crippen molar-refractivity contribution in [3.8, 4) is 11.1 Å². The first-order valence-corrected chi connectivity index (χ1v) is 11.9. The monoisotopic (exact) mass is 503 g/mol. The van der Waals surface area contributed by atoms with Crippen LogP contribution in [-0.4, -0.2) is 43.5 Å². The molecule has 0 unspecified atom stereocenters. The molecule has 4 rings (SSSR count). The molecule has 0 aromatic heterocycles.